The predicted molar refractivity (Wildman–Crippen MR) is 94.9 cm³/mol. The van der Waals surface area contributed by atoms with Crippen molar-refractivity contribution in [2.45, 2.75) is 6.92 Å². The van der Waals surface area contributed by atoms with Crippen LogP contribution in [0, 0.1) is 0 Å². The standard InChI is InChI=1S/C19H17N3O4/c1-2-26-19(25)21-20-16(13-8-4-3-5-9-13)12-22-17(23)14-10-6-7-11-15(14)18(22)24/h3-11H,2,12H2,1H3,(H,21,25)/b20-16+. The summed E-state index contributed by atoms with van der Waals surface area (Å²) in [6, 6.07) is 15.7. The number of ether oxygens (including phenoxy) is 1. The first-order valence-electron chi connectivity index (χ1n) is 8.11. The van der Waals surface area contributed by atoms with Crippen LogP contribution < -0.4 is 5.43 Å². The van der Waals surface area contributed by atoms with Crippen LogP contribution in [0.1, 0.15) is 33.2 Å². The lowest BCUT2D eigenvalue weighted by Crippen LogP contribution is -2.36. The third-order valence-electron chi connectivity index (χ3n) is 3.85. The number of amides is 3. The van der Waals surface area contributed by atoms with Crippen molar-refractivity contribution >= 4 is 23.6 Å². The van der Waals surface area contributed by atoms with E-state index in [4.69, 9.17) is 4.74 Å². The quantitative estimate of drug-likeness (QED) is 0.509. The molecule has 0 fully saturated rings. The molecule has 0 unspecified atom stereocenters. The number of hydrogen-bond donors (Lipinski definition) is 1. The van der Waals surface area contributed by atoms with Crippen LogP contribution in [0.25, 0.3) is 0 Å². The second kappa shape index (κ2) is 7.60. The third kappa shape index (κ3) is 3.46. The van der Waals surface area contributed by atoms with Crippen LogP contribution in [0.3, 0.4) is 0 Å². The van der Waals surface area contributed by atoms with E-state index in [2.05, 4.69) is 10.5 Å². The number of hydrogen-bond acceptors (Lipinski definition) is 5. The Morgan fingerprint density at radius 2 is 1.58 bits per heavy atom. The van der Waals surface area contributed by atoms with E-state index < -0.39 is 6.09 Å². The van der Waals surface area contributed by atoms with E-state index >= 15 is 0 Å². The lowest BCUT2D eigenvalue weighted by Gasteiger charge is -2.16. The van der Waals surface area contributed by atoms with E-state index in [9.17, 15) is 14.4 Å². The molecule has 1 aliphatic rings. The number of carbonyl (C=O) groups is 3. The minimum atomic E-state index is -0.705. The third-order valence-corrected chi connectivity index (χ3v) is 3.85. The summed E-state index contributed by atoms with van der Waals surface area (Å²) >= 11 is 0. The van der Waals surface area contributed by atoms with E-state index in [0.29, 0.717) is 22.4 Å². The number of rotatable bonds is 5. The Morgan fingerprint density at radius 1 is 1.00 bits per heavy atom. The van der Waals surface area contributed by atoms with Gasteiger partial charge in [-0.3, -0.25) is 14.5 Å². The summed E-state index contributed by atoms with van der Waals surface area (Å²) in [5.41, 5.74) is 4.06. The lowest BCUT2D eigenvalue weighted by atomic mass is 10.1. The summed E-state index contributed by atoms with van der Waals surface area (Å²) in [5.74, 6) is -0.768. The Bertz CT molecular complexity index is 842. The number of carbonyl (C=O) groups excluding carboxylic acids is 3. The Labute approximate surface area is 150 Å². The van der Waals surface area contributed by atoms with Gasteiger partial charge in [-0.15, -0.1) is 0 Å². The van der Waals surface area contributed by atoms with Crippen molar-refractivity contribution in [1.82, 2.24) is 10.3 Å². The number of nitrogens with zero attached hydrogens (tertiary/aromatic N) is 2. The molecule has 132 valence electrons. The number of fused-ring (bicyclic) bond motifs is 1. The maximum atomic E-state index is 12.6. The highest BCUT2D eigenvalue weighted by molar-refractivity contribution is 6.23. The number of hydrazone groups is 1. The zero-order chi connectivity index (χ0) is 18.5. The minimum Gasteiger partial charge on any atom is -0.449 e. The van der Waals surface area contributed by atoms with Crippen LogP contribution in [-0.4, -0.2) is 41.7 Å². The first kappa shape index (κ1) is 17.3. The van der Waals surface area contributed by atoms with Crippen LogP contribution >= 0.6 is 0 Å². The van der Waals surface area contributed by atoms with Crippen molar-refractivity contribution in [3.8, 4) is 0 Å². The van der Waals surface area contributed by atoms with Gasteiger partial charge in [0.15, 0.2) is 0 Å². The first-order chi connectivity index (χ1) is 12.6. The Kier molecular flexibility index (Phi) is 5.07. The maximum Gasteiger partial charge on any atom is 0.427 e. The fraction of sp³-hybridized carbons (Fsp3) is 0.158. The Hall–Kier alpha value is -3.48. The molecule has 1 N–H and O–H groups in total. The van der Waals surface area contributed by atoms with Gasteiger partial charge >= 0.3 is 6.09 Å². The first-order valence-corrected chi connectivity index (χ1v) is 8.11. The van der Waals surface area contributed by atoms with Gasteiger partial charge in [-0.2, -0.15) is 5.10 Å². The van der Waals surface area contributed by atoms with E-state index in [1.54, 1.807) is 55.5 Å². The molecule has 3 amide bonds. The minimum absolute atomic E-state index is 0.0667. The fourth-order valence-electron chi connectivity index (χ4n) is 2.63. The topological polar surface area (TPSA) is 88.1 Å². The summed E-state index contributed by atoms with van der Waals surface area (Å²) in [4.78, 5) is 37.8. The predicted octanol–water partition coefficient (Wildman–Crippen LogP) is 2.43. The Balaban J connectivity index is 1.87. The van der Waals surface area contributed by atoms with Gasteiger partial charge in [-0.25, -0.2) is 10.2 Å². The monoisotopic (exact) mass is 351 g/mol. The molecule has 1 aliphatic heterocycles. The molecule has 7 nitrogen and oxygen atoms in total. The molecule has 0 saturated carbocycles. The molecule has 0 saturated heterocycles. The van der Waals surface area contributed by atoms with E-state index in [0.717, 1.165) is 4.90 Å². The Morgan fingerprint density at radius 3 is 2.15 bits per heavy atom. The maximum absolute atomic E-state index is 12.6. The SMILES string of the molecule is CCOC(=O)N/N=C(\CN1C(=O)c2ccccc2C1=O)c1ccccc1. The zero-order valence-corrected chi connectivity index (χ0v) is 14.1. The van der Waals surface area contributed by atoms with Gasteiger partial charge in [0.25, 0.3) is 11.8 Å². The van der Waals surface area contributed by atoms with Gasteiger partial charge < -0.3 is 4.74 Å². The average Bonchev–Trinajstić information content (AvgIpc) is 2.91. The van der Waals surface area contributed by atoms with Crippen molar-refractivity contribution in [3.63, 3.8) is 0 Å². The van der Waals surface area contributed by atoms with Gasteiger partial charge in [-0.1, -0.05) is 42.5 Å². The molecule has 3 rings (SSSR count). The molecule has 1 heterocycles. The molecule has 0 aliphatic carbocycles. The molecule has 2 aromatic rings. The van der Waals surface area contributed by atoms with E-state index in [1.807, 2.05) is 6.07 Å². The van der Waals surface area contributed by atoms with Gasteiger partial charge in [-0.05, 0) is 24.6 Å². The second-order valence-electron chi connectivity index (χ2n) is 5.50. The van der Waals surface area contributed by atoms with Gasteiger partial charge in [0.05, 0.1) is 30.0 Å². The smallest absolute Gasteiger partial charge is 0.427 e. The van der Waals surface area contributed by atoms with E-state index in [1.165, 1.54) is 0 Å². The van der Waals surface area contributed by atoms with Gasteiger partial charge in [0.1, 0.15) is 0 Å². The van der Waals surface area contributed by atoms with Crippen LogP contribution in [-0.2, 0) is 4.74 Å². The molecule has 0 radical (unpaired) electrons. The molecule has 0 atom stereocenters. The highest BCUT2D eigenvalue weighted by Gasteiger charge is 2.35. The lowest BCUT2D eigenvalue weighted by molar-refractivity contribution is 0.0677. The zero-order valence-electron chi connectivity index (χ0n) is 14.1. The molecule has 26 heavy (non-hydrogen) atoms. The van der Waals surface area contributed by atoms with Crippen LogP contribution in [0.15, 0.2) is 59.7 Å². The summed E-state index contributed by atoms with van der Waals surface area (Å²) in [5, 5.41) is 4.05. The number of nitrogens with one attached hydrogen (secondary N) is 1. The summed E-state index contributed by atoms with van der Waals surface area (Å²) in [7, 11) is 0. The highest BCUT2D eigenvalue weighted by Crippen LogP contribution is 2.22. The summed E-state index contributed by atoms with van der Waals surface area (Å²) < 4.78 is 4.79. The highest BCUT2D eigenvalue weighted by atomic mass is 16.5. The molecule has 2 aromatic carbocycles. The van der Waals surface area contributed by atoms with Crippen molar-refractivity contribution in [1.29, 1.82) is 0 Å². The number of imide groups is 1. The fourth-order valence-corrected chi connectivity index (χ4v) is 2.63. The largest absolute Gasteiger partial charge is 0.449 e. The molecular weight excluding hydrogens is 334 g/mol. The molecular formula is C19H17N3O4. The van der Waals surface area contributed by atoms with Crippen molar-refractivity contribution in [2.24, 2.45) is 5.10 Å². The molecule has 7 heteroatoms. The summed E-state index contributed by atoms with van der Waals surface area (Å²) in [6.07, 6.45) is -0.705. The summed E-state index contributed by atoms with van der Waals surface area (Å²) in [6.45, 7) is 1.82. The number of benzene rings is 2. The molecule has 0 spiro atoms. The normalized spacial score (nSPS) is 13.6. The van der Waals surface area contributed by atoms with Gasteiger partial charge in [0.2, 0.25) is 0 Å². The van der Waals surface area contributed by atoms with Crippen LogP contribution in [0.5, 0.6) is 0 Å². The van der Waals surface area contributed by atoms with E-state index in [-0.39, 0.29) is 25.0 Å². The van der Waals surface area contributed by atoms with Crippen LogP contribution in [0.2, 0.25) is 0 Å². The van der Waals surface area contributed by atoms with Crippen LogP contribution in [0.4, 0.5) is 4.79 Å². The van der Waals surface area contributed by atoms with Crippen molar-refractivity contribution in [2.75, 3.05) is 13.2 Å². The molecule has 0 bridgehead atoms. The van der Waals surface area contributed by atoms with Crippen molar-refractivity contribution < 1.29 is 19.1 Å². The average molecular weight is 351 g/mol. The molecule has 0 aromatic heterocycles. The second-order valence-corrected chi connectivity index (χ2v) is 5.50. The van der Waals surface area contributed by atoms with Crippen molar-refractivity contribution in [3.05, 3.63) is 71.3 Å². The van der Waals surface area contributed by atoms with Gasteiger partial charge in [0, 0.05) is 0 Å².